The minimum Gasteiger partial charge on any atom is -0.397 e. The number of anilines is 2. The second kappa shape index (κ2) is 10.4. The number of hydrogen-bond donors (Lipinski definition) is 3. The van der Waals surface area contributed by atoms with Gasteiger partial charge in [-0.2, -0.15) is 0 Å². The predicted molar refractivity (Wildman–Crippen MR) is 128 cm³/mol. The van der Waals surface area contributed by atoms with E-state index >= 15 is 0 Å². The Balaban J connectivity index is 1.37. The van der Waals surface area contributed by atoms with Gasteiger partial charge in [-0.15, -0.1) is 0 Å². The van der Waals surface area contributed by atoms with Crippen LogP contribution in [0.2, 0.25) is 0 Å². The molecular formula is C26H30N4O2. The summed E-state index contributed by atoms with van der Waals surface area (Å²) in [6.45, 7) is 5.66. The lowest BCUT2D eigenvalue weighted by Gasteiger charge is -2.22. The molecule has 3 aromatic rings. The molecule has 0 unspecified atom stereocenters. The molecular weight excluding hydrogens is 400 g/mol. The summed E-state index contributed by atoms with van der Waals surface area (Å²) in [5.41, 5.74) is 11.8. The van der Waals surface area contributed by atoms with Gasteiger partial charge in [0.15, 0.2) is 0 Å². The summed E-state index contributed by atoms with van der Waals surface area (Å²) in [5, 5.41) is 6.41. The predicted octanol–water partition coefficient (Wildman–Crippen LogP) is 4.41. The topological polar surface area (TPSA) is 89.3 Å². The Bertz CT molecular complexity index is 1060. The van der Waals surface area contributed by atoms with Gasteiger partial charge in [0.2, 0.25) is 0 Å². The summed E-state index contributed by atoms with van der Waals surface area (Å²) < 4.78 is 5.42. The van der Waals surface area contributed by atoms with E-state index < -0.39 is 0 Å². The molecule has 6 heteroatoms. The molecule has 32 heavy (non-hydrogen) atoms. The first-order chi connectivity index (χ1) is 15.6. The molecule has 0 radical (unpaired) electrons. The second-order valence-corrected chi connectivity index (χ2v) is 8.31. The van der Waals surface area contributed by atoms with E-state index in [1.807, 2.05) is 42.6 Å². The zero-order valence-electron chi connectivity index (χ0n) is 18.4. The number of nitrogens with one attached hydrogen (secondary N) is 2. The first-order valence-electron chi connectivity index (χ1n) is 11.1. The van der Waals surface area contributed by atoms with E-state index in [2.05, 4.69) is 23.6 Å². The van der Waals surface area contributed by atoms with E-state index in [4.69, 9.17) is 15.5 Å². The Hall–Kier alpha value is -3.22. The average molecular weight is 431 g/mol. The van der Waals surface area contributed by atoms with Crippen LogP contribution >= 0.6 is 0 Å². The lowest BCUT2D eigenvalue weighted by Crippen LogP contribution is -2.27. The molecule has 2 aromatic carbocycles. The van der Waals surface area contributed by atoms with Gasteiger partial charge in [0, 0.05) is 37.1 Å². The summed E-state index contributed by atoms with van der Waals surface area (Å²) in [7, 11) is 0. The molecule has 4 N–H and O–H groups in total. The molecule has 1 aromatic heterocycles. The number of aromatic nitrogens is 1. The van der Waals surface area contributed by atoms with Crippen LogP contribution in [0.5, 0.6) is 0 Å². The molecule has 2 heterocycles. The van der Waals surface area contributed by atoms with Crippen molar-refractivity contribution < 1.29 is 9.53 Å². The molecule has 0 saturated carbocycles. The van der Waals surface area contributed by atoms with Crippen LogP contribution < -0.4 is 16.4 Å². The zero-order chi connectivity index (χ0) is 22.3. The quantitative estimate of drug-likeness (QED) is 0.483. The van der Waals surface area contributed by atoms with Crippen LogP contribution in [0, 0.1) is 12.8 Å². The number of carbonyl (C=O) groups excluding carboxylic acids is 1. The molecule has 0 atom stereocenters. The Morgan fingerprint density at radius 3 is 2.59 bits per heavy atom. The van der Waals surface area contributed by atoms with Crippen molar-refractivity contribution >= 4 is 17.3 Å². The largest absolute Gasteiger partial charge is 0.397 e. The van der Waals surface area contributed by atoms with Gasteiger partial charge in [-0.25, -0.2) is 0 Å². The number of rotatable bonds is 7. The fourth-order valence-electron chi connectivity index (χ4n) is 3.99. The molecule has 4 rings (SSSR count). The number of benzene rings is 2. The first kappa shape index (κ1) is 22.0. The molecule has 0 bridgehead atoms. The molecule has 0 spiro atoms. The molecule has 1 aliphatic heterocycles. The summed E-state index contributed by atoms with van der Waals surface area (Å²) in [6, 6.07) is 16.9. The minimum atomic E-state index is -0.190. The van der Waals surface area contributed by atoms with Gasteiger partial charge in [-0.3, -0.25) is 9.78 Å². The number of nitrogen functional groups attached to an aromatic ring is 1. The summed E-state index contributed by atoms with van der Waals surface area (Å²) in [6.07, 6.45) is 4.20. The highest BCUT2D eigenvalue weighted by molar-refractivity contribution is 6.05. The third-order valence-electron chi connectivity index (χ3n) is 5.87. The zero-order valence-corrected chi connectivity index (χ0v) is 18.4. The van der Waals surface area contributed by atoms with Crippen LogP contribution in [0.25, 0.3) is 11.3 Å². The van der Waals surface area contributed by atoms with Crippen LogP contribution in [0.15, 0.2) is 60.8 Å². The third-order valence-corrected chi connectivity index (χ3v) is 5.87. The Morgan fingerprint density at radius 1 is 1.12 bits per heavy atom. The SMILES string of the molecule is Cc1cc(CNCC2CCOCC2)cnc1-c1ccc(C(=O)Nc2ccccc2N)cc1. The minimum absolute atomic E-state index is 0.190. The highest BCUT2D eigenvalue weighted by Gasteiger charge is 2.13. The summed E-state index contributed by atoms with van der Waals surface area (Å²) in [4.78, 5) is 17.2. The van der Waals surface area contributed by atoms with Gasteiger partial charge in [0.05, 0.1) is 17.1 Å². The molecule has 1 aliphatic rings. The maximum absolute atomic E-state index is 12.5. The van der Waals surface area contributed by atoms with Crippen molar-refractivity contribution in [1.29, 1.82) is 0 Å². The van der Waals surface area contributed by atoms with Crippen molar-refractivity contribution in [2.45, 2.75) is 26.3 Å². The standard InChI is InChI=1S/C26H30N4O2/c1-18-14-20(16-28-15-19-10-12-32-13-11-19)17-29-25(18)21-6-8-22(9-7-21)26(31)30-24-5-3-2-4-23(24)27/h2-9,14,17,19,28H,10-13,15-16,27H2,1H3,(H,30,31). The molecule has 1 fully saturated rings. The van der Waals surface area contributed by atoms with Crippen LogP contribution in [-0.2, 0) is 11.3 Å². The lowest BCUT2D eigenvalue weighted by molar-refractivity contribution is 0.0662. The number of hydrogen-bond acceptors (Lipinski definition) is 5. The number of pyridine rings is 1. The number of amides is 1. The smallest absolute Gasteiger partial charge is 0.255 e. The van der Waals surface area contributed by atoms with E-state index in [0.717, 1.165) is 56.0 Å². The summed E-state index contributed by atoms with van der Waals surface area (Å²) in [5.74, 6) is 0.510. The van der Waals surface area contributed by atoms with Crippen LogP contribution in [0.3, 0.4) is 0 Å². The molecule has 6 nitrogen and oxygen atoms in total. The van der Waals surface area contributed by atoms with Gasteiger partial charge >= 0.3 is 0 Å². The lowest BCUT2D eigenvalue weighted by atomic mass is 10.0. The third kappa shape index (κ3) is 5.52. The van der Waals surface area contributed by atoms with Gasteiger partial charge < -0.3 is 21.1 Å². The average Bonchev–Trinajstić information content (AvgIpc) is 2.81. The number of carbonyl (C=O) groups is 1. The van der Waals surface area contributed by atoms with E-state index in [9.17, 15) is 4.79 Å². The molecule has 1 amide bonds. The highest BCUT2D eigenvalue weighted by atomic mass is 16.5. The van der Waals surface area contributed by atoms with Crippen LogP contribution in [0.4, 0.5) is 11.4 Å². The molecule has 166 valence electrons. The normalized spacial score (nSPS) is 14.3. The van der Waals surface area contributed by atoms with Crippen LogP contribution in [-0.4, -0.2) is 30.6 Å². The van der Waals surface area contributed by atoms with Crippen molar-refractivity contribution in [2.24, 2.45) is 5.92 Å². The number of aryl methyl sites for hydroxylation is 1. The number of ether oxygens (including phenoxy) is 1. The number of para-hydroxylation sites is 2. The second-order valence-electron chi connectivity index (χ2n) is 8.31. The van der Waals surface area contributed by atoms with E-state index in [1.165, 1.54) is 5.56 Å². The van der Waals surface area contributed by atoms with E-state index in [1.54, 1.807) is 12.1 Å². The van der Waals surface area contributed by atoms with Gasteiger partial charge in [-0.1, -0.05) is 30.3 Å². The Morgan fingerprint density at radius 2 is 1.88 bits per heavy atom. The maximum Gasteiger partial charge on any atom is 0.255 e. The van der Waals surface area contributed by atoms with Crippen molar-refractivity contribution in [3.05, 3.63) is 77.5 Å². The molecule has 0 aliphatic carbocycles. The van der Waals surface area contributed by atoms with E-state index in [0.29, 0.717) is 22.9 Å². The fraction of sp³-hybridized carbons (Fsp3) is 0.308. The van der Waals surface area contributed by atoms with Crippen molar-refractivity contribution in [3.8, 4) is 11.3 Å². The monoisotopic (exact) mass is 430 g/mol. The first-order valence-corrected chi connectivity index (χ1v) is 11.1. The van der Waals surface area contributed by atoms with Gasteiger partial charge in [0.1, 0.15) is 0 Å². The fourth-order valence-corrected chi connectivity index (χ4v) is 3.99. The summed E-state index contributed by atoms with van der Waals surface area (Å²) >= 11 is 0. The highest BCUT2D eigenvalue weighted by Crippen LogP contribution is 2.23. The maximum atomic E-state index is 12.5. The molecule has 1 saturated heterocycles. The van der Waals surface area contributed by atoms with E-state index in [-0.39, 0.29) is 5.91 Å². The Kier molecular flexibility index (Phi) is 7.14. The van der Waals surface area contributed by atoms with Gasteiger partial charge in [0.25, 0.3) is 5.91 Å². The number of nitrogens with two attached hydrogens (primary N) is 1. The van der Waals surface area contributed by atoms with Crippen molar-refractivity contribution in [1.82, 2.24) is 10.3 Å². The van der Waals surface area contributed by atoms with Gasteiger partial charge in [-0.05, 0) is 67.6 Å². The van der Waals surface area contributed by atoms with Crippen LogP contribution in [0.1, 0.15) is 34.3 Å². The number of nitrogens with zero attached hydrogens (tertiary/aromatic N) is 1. The Labute approximate surface area is 189 Å². The van der Waals surface area contributed by atoms with Crippen molar-refractivity contribution in [2.75, 3.05) is 30.8 Å². The van der Waals surface area contributed by atoms with Crippen molar-refractivity contribution in [3.63, 3.8) is 0 Å².